The molecule has 0 saturated carbocycles. The molecule has 0 aliphatic heterocycles. The second-order valence-corrected chi connectivity index (χ2v) is 26.6. The Balaban J connectivity index is 0.947. The minimum Gasteiger partial charge on any atom is -0.256 e. The Bertz CT molecular complexity index is 4770. The Morgan fingerprint density at radius 2 is 0.600 bits per heavy atom. The first-order valence-corrected chi connectivity index (χ1v) is 32.0. The summed E-state index contributed by atoms with van der Waals surface area (Å²) < 4.78 is 79.5. The van der Waals surface area contributed by atoms with E-state index in [0.717, 1.165) is 77.9 Å². The molecule has 3 aromatic heterocycles. The van der Waals surface area contributed by atoms with Crippen LogP contribution in [0.15, 0.2) is 279 Å². The molecule has 0 bridgehead atoms. The Hall–Kier alpha value is -10.7. The number of halogens is 5. The van der Waals surface area contributed by atoms with Crippen molar-refractivity contribution in [1.82, 2.24) is 15.0 Å². The Morgan fingerprint density at radius 3 is 1.07 bits per heavy atom. The summed E-state index contributed by atoms with van der Waals surface area (Å²) in [5, 5.41) is 0. The van der Waals surface area contributed by atoms with Gasteiger partial charge >= 0.3 is 0 Å². The van der Waals surface area contributed by atoms with E-state index in [1.54, 1.807) is 54.6 Å². The van der Waals surface area contributed by atoms with E-state index < -0.39 is 44.9 Å². The van der Waals surface area contributed by atoms with E-state index in [4.69, 9.17) is 15.0 Å². The molecule has 3 heterocycles. The van der Waals surface area contributed by atoms with Gasteiger partial charge in [0, 0.05) is 57.2 Å². The summed E-state index contributed by atoms with van der Waals surface area (Å²) in [7, 11) is 0. The monoisotopic (exact) mass is 1250 g/mol. The highest BCUT2D eigenvalue weighted by atomic mass is 19.1. The normalized spacial score (nSPS) is 12.1. The number of hydrogen-bond acceptors (Lipinski definition) is 3. The fourth-order valence-electron chi connectivity index (χ4n) is 13.1. The zero-order valence-electron chi connectivity index (χ0n) is 54.3. The molecule has 0 unspecified atom stereocenters. The van der Waals surface area contributed by atoms with E-state index in [1.165, 1.54) is 30.3 Å². The molecule has 0 spiro atoms. The van der Waals surface area contributed by atoms with Crippen LogP contribution in [-0.4, -0.2) is 15.0 Å². The molecule has 0 radical (unpaired) electrons. The van der Waals surface area contributed by atoms with E-state index in [-0.39, 0.29) is 28.1 Å². The van der Waals surface area contributed by atoms with Crippen LogP contribution >= 0.6 is 0 Å². The third-order valence-corrected chi connectivity index (χ3v) is 20.4. The summed E-state index contributed by atoms with van der Waals surface area (Å²) in [6.07, 6.45) is 5.56. The fourth-order valence-corrected chi connectivity index (χ4v) is 13.1. The summed E-state index contributed by atoms with van der Waals surface area (Å²) >= 11 is 0. The highest BCUT2D eigenvalue weighted by Gasteiger charge is 2.44. The van der Waals surface area contributed by atoms with Gasteiger partial charge in [-0.1, -0.05) is 256 Å². The maximum atomic E-state index is 16.5. The van der Waals surface area contributed by atoms with Crippen molar-refractivity contribution in [2.24, 2.45) is 0 Å². The van der Waals surface area contributed by atoms with Gasteiger partial charge in [0.05, 0.1) is 28.2 Å². The van der Waals surface area contributed by atoms with E-state index in [2.05, 4.69) is 140 Å². The van der Waals surface area contributed by atoms with E-state index in [0.29, 0.717) is 33.8 Å². The number of hydrogen-bond donors (Lipinski definition) is 0. The van der Waals surface area contributed by atoms with Gasteiger partial charge in [-0.15, -0.1) is 0 Å². The summed E-state index contributed by atoms with van der Waals surface area (Å²) in [4.78, 5) is 15.0. The molecule has 0 saturated heterocycles. The summed E-state index contributed by atoms with van der Waals surface area (Å²) in [6, 6.07) is 81.6. The molecule has 8 heteroatoms. The minimum absolute atomic E-state index is 0.102. The number of aromatic nitrogens is 3. The van der Waals surface area contributed by atoms with Gasteiger partial charge in [-0.25, -0.2) is 22.0 Å². The first-order chi connectivity index (χ1) is 45.7. The molecule has 0 aliphatic rings. The van der Waals surface area contributed by atoms with Gasteiger partial charge in [0.1, 0.15) is 29.1 Å². The number of pyridine rings is 3. The van der Waals surface area contributed by atoms with Crippen molar-refractivity contribution in [2.75, 3.05) is 0 Å². The largest absolute Gasteiger partial charge is 0.256 e. The lowest BCUT2D eigenvalue weighted by Gasteiger charge is -2.46. The highest BCUT2D eigenvalue weighted by Crippen LogP contribution is 2.51. The van der Waals surface area contributed by atoms with Gasteiger partial charge in [0.25, 0.3) is 0 Å². The molecule has 10 aromatic carbocycles. The van der Waals surface area contributed by atoms with Crippen LogP contribution in [0.25, 0.3) is 112 Å². The summed E-state index contributed by atoms with van der Waals surface area (Å²) in [6.45, 7) is 17.8. The Kier molecular flexibility index (Phi) is 16.8. The standard InChI is InChI=1S/C87H70F5N3/c1-84(2,63-38-45-77(93-52-63)69-40-43-75(89)80(82(69)91)59-27-17-11-18-28-59)86(5,6)65-47-62(48-66(50-65)87(7,8)85(3,4)64-39-46-78(94-53-64)70-41-44-76(90)81(83(70)92)60-29-19-12-20-30-60)67-31-21-22-32-68(67)73-54-95-79(61-37-42-74(88)72(49-61)57-25-15-10-16-26-57)51-71(73)58-35-33-56(34-36-58)55-23-13-9-14-24-55/h9-54H,1-8H3. The summed E-state index contributed by atoms with van der Waals surface area (Å²) in [5.74, 6) is -2.98. The lowest BCUT2D eigenvalue weighted by Crippen LogP contribution is -2.42. The predicted octanol–water partition coefficient (Wildman–Crippen LogP) is 23.7. The van der Waals surface area contributed by atoms with Crippen molar-refractivity contribution in [2.45, 2.75) is 77.0 Å². The van der Waals surface area contributed by atoms with Crippen molar-refractivity contribution in [3.63, 3.8) is 0 Å². The van der Waals surface area contributed by atoms with Crippen LogP contribution < -0.4 is 0 Å². The van der Waals surface area contributed by atoms with Gasteiger partial charge in [-0.3, -0.25) is 15.0 Å². The van der Waals surface area contributed by atoms with Gasteiger partial charge in [0.15, 0.2) is 0 Å². The topological polar surface area (TPSA) is 38.7 Å². The number of rotatable bonds is 16. The van der Waals surface area contributed by atoms with Gasteiger partial charge in [-0.05, 0) is 149 Å². The molecule has 0 N–H and O–H groups in total. The molecular formula is C87H70F5N3. The van der Waals surface area contributed by atoms with Crippen LogP contribution in [0.5, 0.6) is 0 Å². The third kappa shape index (κ3) is 11.8. The van der Waals surface area contributed by atoms with Crippen molar-refractivity contribution in [1.29, 1.82) is 0 Å². The molecule has 3 nitrogen and oxygen atoms in total. The van der Waals surface area contributed by atoms with E-state index in [1.807, 2.05) is 110 Å². The van der Waals surface area contributed by atoms with Gasteiger partial charge < -0.3 is 0 Å². The molecule has 0 fully saturated rings. The molecule has 0 amide bonds. The maximum Gasteiger partial charge on any atom is 0.143 e. The Labute approximate surface area is 553 Å². The lowest BCUT2D eigenvalue weighted by molar-refractivity contribution is 0.292. The van der Waals surface area contributed by atoms with Crippen LogP contribution in [0.4, 0.5) is 22.0 Å². The molecule has 468 valence electrons. The fraction of sp³-hybridized carbons (Fsp3) is 0.138. The smallest absolute Gasteiger partial charge is 0.143 e. The zero-order chi connectivity index (χ0) is 66.4. The number of benzene rings is 10. The maximum absolute atomic E-state index is 16.5. The van der Waals surface area contributed by atoms with E-state index >= 15 is 22.0 Å². The van der Waals surface area contributed by atoms with Crippen LogP contribution in [0.1, 0.15) is 77.6 Å². The van der Waals surface area contributed by atoms with E-state index in [9.17, 15) is 0 Å². The molecule has 95 heavy (non-hydrogen) atoms. The average Bonchev–Trinajstić information content (AvgIpc) is 0.748. The van der Waals surface area contributed by atoms with Gasteiger partial charge in [0.2, 0.25) is 0 Å². The van der Waals surface area contributed by atoms with Gasteiger partial charge in [-0.2, -0.15) is 0 Å². The van der Waals surface area contributed by atoms with Crippen molar-refractivity contribution in [3.05, 3.63) is 331 Å². The SMILES string of the molecule is CC(C)(c1ccc(-c2ccc(F)c(-c3ccccc3)c2F)nc1)C(C)(C)c1cc(-c2ccccc2-c2cnc(-c3ccc(F)c(-c4ccccc4)c3)cc2-c2ccc(-c3ccccc3)cc2)cc(C(C)(C)C(C)(C)c2ccc(-c3ccc(F)c(-c4ccccc4)c3F)nc2)c1. The molecule has 0 aliphatic carbocycles. The minimum atomic E-state index is -0.678. The molecular weight excluding hydrogens is 1180 g/mol. The second-order valence-electron chi connectivity index (χ2n) is 26.6. The quantitative estimate of drug-likeness (QED) is 0.0905. The lowest BCUT2D eigenvalue weighted by atomic mass is 9.58. The van der Waals surface area contributed by atoms with Crippen LogP contribution in [0.3, 0.4) is 0 Å². The molecule has 13 rings (SSSR count). The van der Waals surface area contributed by atoms with Crippen molar-refractivity contribution < 1.29 is 22.0 Å². The van der Waals surface area contributed by atoms with Crippen molar-refractivity contribution in [3.8, 4) is 112 Å². The molecule has 0 atom stereocenters. The third-order valence-electron chi connectivity index (χ3n) is 20.4. The van der Waals surface area contributed by atoms with Crippen LogP contribution in [-0.2, 0) is 21.7 Å². The molecule has 13 aromatic rings. The highest BCUT2D eigenvalue weighted by molar-refractivity contribution is 5.93. The van der Waals surface area contributed by atoms with Crippen LogP contribution in [0.2, 0.25) is 0 Å². The zero-order valence-corrected chi connectivity index (χ0v) is 54.3. The average molecular weight is 1250 g/mol. The Morgan fingerprint density at radius 1 is 0.221 bits per heavy atom. The first kappa shape index (κ1) is 63.1. The number of nitrogens with zero attached hydrogens (tertiary/aromatic N) is 3. The first-order valence-electron chi connectivity index (χ1n) is 32.0. The second kappa shape index (κ2) is 25.3. The van der Waals surface area contributed by atoms with Crippen molar-refractivity contribution >= 4 is 0 Å². The predicted molar refractivity (Wildman–Crippen MR) is 379 cm³/mol. The summed E-state index contributed by atoms with van der Waals surface area (Å²) in [5.41, 5.74) is 13.8. The van der Waals surface area contributed by atoms with Crippen LogP contribution in [0, 0.1) is 29.1 Å².